The summed E-state index contributed by atoms with van der Waals surface area (Å²) in [5.41, 5.74) is 2.45. The lowest BCUT2D eigenvalue weighted by atomic mass is 9.97. The van der Waals surface area contributed by atoms with Crippen LogP contribution in [0, 0.1) is 6.92 Å². The Morgan fingerprint density at radius 3 is 2.56 bits per heavy atom. The van der Waals surface area contributed by atoms with E-state index in [2.05, 4.69) is 23.3 Å². The highest BCUT2D eigenvalue weighted by atomic mass is 14.9. The van der Waals surface area contributed by atoms with E-state index in [1.54, 1.807) is 0 Å². The van der Waals surface area contributed by atoms with Gasteiger partial charge in [-0.1, -0.05) is 12.8 Å². The summed E-state index contributed by atoms with van der Waals surface area (Å²) >= 11 is 0. The molecule has 2 fully saturated rings. The summed E-state index contributed by atoms with van der Waals surface area (Å²) in [6.45, 7) is 4.31. The maximum absolute atomic E-state index is 4.89. The Morgan fingerprint density at radius 1 is 1.06 bits per heavy atom. The second kappa shape index (κ2) is 5.35. The molecule has 1 aromatic rings. The Morgan fingerprint density at radius 2 is 1.83 bits per heavy atom. The molecule has 1 atom stereocenters. The highest BCUT2D eigenvalue weighted by molar-refractivity contribution is 5.17. The van der Waals surface area contributed by atoms with E-state index in [9.17, 15) is 0 Å². The Labute approximate surface area is 109 Å². The molecule has 0 spiro atoms. The van der Waals surface area contributed by atoms with Crippen LogP contribution in [0.15, 0.2) is 6.07 Å². The van der Waals surface area contributed by atoms with Crippen molar-refractivity contribution in [3.05, 3.63) is 23.3 Å². The Balaban J connectivity index is 1.84. The maximum atomic E-state index is 4.89. The molecule has 3 nitrogen and oxygen atoms in total. The van der Waals surface area contributed by atoms with Crippen molar-refractivity contribution in [3.63, 3.8) is 0 Å². The molecular weight excluding hydrogens is 222 g/mol. The van der Waals surface area contributed by atoms with Crippen LogP contribution < -0.4 is 5.32 Å². The summed E-state index contributed by atoms with van der Waals surface area (Å²) in [6.07, 6.45) is 7.86. The lowest BCUT2D eigenvalue weighted by Gasteiger charge is -2.22. The van der Waals surface area contributed by atoms with Gasteiger partial charge in [0, 0.05) is 29.8 Å². The molecule has 1 saturated carbocycles. The molecule has 2 aliphatic rings. The fourth-order valence-electron chi connectivity index (χ4n) is 3.30. The van der Waals surface area contributed by atoms with E-state index in [-0.39, 0.29) is 0 Å². The molecule has 0 aromatic carbocycles. The molecule has 1 unspecified atom stereocenters. The fraction of sp³-hybridized carbons (Fsp3) is 0.733. The molecule has 0 amide bonds. The van der Waals surface area contributed by atoms with E-state index < -0.39 is 0 Å². The minimum Gasteiger partial charge on any atom is -0.316 e. The lowest BCUT2D eigenvalue weighted by molar-refractivity contribution is 0.443. The molecule has 98 valence electrons. The zero-order valence-corrected chi connectivity index (χ0v) is 11.3. The van der Waals surface area contributed by atoms with Crippen molar-refractivity contribution < 1.29 is 0 Å². The van der Waals surface area contributed by atoms with Crippen molar-refractivity contribution in [2.24, 2.45) is 0 Å². The first-order chi connectivity index (χ1) is 8.83. The van der Waals surface area contributed by atoms with Crippen LogP contribution in [0.2, 0.25) is 0 Å². The van der Waals surface area contributed by atoms with Crippen molar-refractivity contribution in [1.29, 1.82) is 0 Å². The van der Waals surface area contributed by atoms with Crippen molar-refractivity contribution >= 4 is 0 Å². The highest BCUT2D eigenvalue weighted by Crippen LogP contribution is 2.34. The second-order valence-electron chi connectivity index (χ2n) is 5.82. The molecular formula is C15H23N3. The second-order valence-corrected chi connectivity index (χ2v) is 5.82. The van der Waals surface area contributed by atoms with Gasteiger partial charge in [0.2, 0.25) is 0 Å². The molecule has 2 heterocycles. The number of nitrogens with zero attached hydrogens (tertiary/aromatic N) is 2. The van der Waals surface area contributed by atoms with Crippen molar-refractivity contribution in [1.82, 2.24) is 15.3 Å². The van der Waals surface area contributed by atoms with Crippen LogP contribution in [0.4, 0.5) is 0 Å². The number of rotatable bonds is 2. The number of piperidine rings is 1. The van der Waals surface area contributed by atoms with E-state index in [0.29, 0.717) is 11.8 Å². The van der Waals surface area contributed by atoms with Gasteiger partial charge < -0.3 is 5.32 Å². The minimum atomic E-state index is 0.527. The van der Waals surface area contributed by atoms with Gasteiger partial charge in [0.1, 0.15) is 5.82 Å². The average Bonchev–Trinajstić information content (AvgIpc) is 2.93. The van der Waals surface area contributed by atoms with E-state index in [4.69, 9.17) is 4.98 Å². The molecule has 3 heteroatoms. The molecule has 1 saturated heterocycles. The third kappa shape index (κ3) is 2.56. The number of aromatic nitrogens is 2. The maximum Gasteiger partial charge on any atom is 0.133 e. The Hall–Kier alpha value is -0.960. The van der Waals surface area contributed by atoms with Gasteiger partial charge in [-0.2, -0.15) is 0 Å². The molecule has 1 aliphatic carbocycles. The SMILES string of the molecule is Cc1cc(C2CCCC2)nc(C2CCCNC2)n1. The first-order valence-electron chi connectivity index (χ1n) is 7.39. The van der Waals surface area contributed by atoms with Crippen LogP contribution in [0.25, 0.3) is 0 Å². The predicted molar refractivity (Wildman–Crippen MR) is 72.8 cm³/mol. The van der Waals surface area contributed by atoms with Crippen molar-refractivity contribution in [3.8, 4) is 0 Å². The minimum absolute atomic E-state index is 0.527. The quantitative estimate of drug-likeness (QED) is 0.870. The molecule has 1 aromatic heterocycles. The topological polar surface area (TPSA) is 37.8 Å². The average molecular weight is 245 g/mol. The van der Waals surface area contributed by atoms with E-state index in [1.807, 2.05) is 0 Å². The highest BCUT2D eigenvalue weighted by Gasteiger charge is 2.22. The van der Waals surface area contributed by atoms with Gasteiger partial charge in [-0.25, -0.2) is 9.97 Å². The first kappa shape index (κ1) is 12.1. The van der Waals surface area contributed by atoms with Crippen molar-refractivity contribution in [2.75, 3.05) is 13.1 Å². The van der Waals surface area contributed by atoms with Crippen LogP contribution in [0.5, 0.6) is 0 Å². The number of hydrogen-bond donors (Lipinski definition) is 1. The van der Waals surface area contributed by atoms with Crippen LogP contribution in [-0.4, -0.2) is 23.1 Å². The van der Waals surface area contributed by atoms with Crippen LogP contribution >= 0.6 is 0 Å². The van der Waals surface area contributed by atoms with E-state index in [0.717, 1.165) is 24.6 Å². The smallest absolute Gasteiger partial charge is 0.133 e. The van der Waals surface area contributed by atoms with Gasteiger partial charge in [-0.3, -0.25) is 0 Å². The Kier molecular flexibility index (Phi) is 3.59. The standard InChI is InChI=1S/C15H23N3/c1-11-9-14(12-5-2-3-6-12)18-15(17-11)13-7-4-8-16-10-13/h9,12-13,16H,2-8,10H2,1H3. The third-order valence-electron chi connectivity index (χ3n) is 4.33. The fourth-order valence-corrected chi connectivity index (χ4v) is 3.30. The normalized spacial score (nSPS) is 25.5. The largest absolute Gasteiger partial charge is 0.316 e. The molecule has 0 bridgehead atoms. The zero-order chi connectivity index (χ0) is 12.4. The van der Waals surface area contributed by atoms with Gasteiger partial charge in [-0.15, -0.1) is 0 Å². The van der Waals surface area contributed by atoms with Gasteiger partial charge >= 0.3 is 0 Å². The lowest BCUT2D eigenvalue weighted by Crippen LogP contribution is -2.29. The Bertz CT molecular complexity index is 404. The number of hydrogen-bond acceptors (Lipinski definition) is 3. The van der Waals surface area contributed by atoms with Gasteiger partial charge in [0.25, 0.3) is 0 Å². The molecule has 18 heavy (non-hydrogen) atoms. The summed E-state index contributed by atoms with van der Waals surface area (Å²) < 4.78 is 0. The summed E-state index contributed by atoms with van der Waals surface area (Å²) in [5, 5.41) is 3.46. The number of nitrogens with one attached hydrogen (secondary N) is 1. The summed E-state index contributed by atoms with van der Waals surface area (Å²) in [4.78, 5) is 9.57. The summed E-state index contributed by atoms with van der Waals surface area (Å²) in [6, 6.07) is 2.20. The van der Waals surface area contributed by atoms with Gasteiger partial charge in [-0.05, 0) is 45.2 Å². The summed E-state index contributed by atoms with van der Waals surface area (Å²) in [5.74, 6) is 2.31. The number of aryl methyl sites for hydroxylation is 1. The molecule has 1 N–H and O–H groups in total. The molecule has 3 rings (SSSR count). The van der Waals surface area contributed by atoms with Gasteiger partial charge in [0.15, 0.2) is 0 Å². The van der Waals surface area contributed by atoms with E-state index >= 15 is 0 Å². The van der Waals surface area contributed by atoms with E-state index in [1.165, 1.54) is 44.2 Å². The molecule has 1 aliphatic heterocycles. The summed E-state index contributed by atoms with van der Waals surface area (Å²) in [7, 11) is 0. The van der Waals surface area contributed by atoms with Crippen LogP contribution in [0.3, 0.4) is 0 Å². The monoisotopic (exact) mass is 245 g/mol. The van der Waals surface area contributed by atoms with Crippen LogP contribution in [-0.2, 0) is 0 Å². The predicted octanol–water partition coefficient (Wildman–Crippen LogP) is 2.91. The molecule has 0 radical (unpaired) electrons. The third-order valence-corrected chi connectivity index (χ3v) is 4.33. The van der Waals surface area contributed by atoms with Gasteiger partial charge in [0.05, 0.1) is 0 Å². The van der Waals surface area contributed by atoms with Crippen LogP contribution in [0.1, 0.15) is 67.6 Å². The zero-order valence-electron chi connectivity index (χ0n) is 11.3. The van der Waals surface area contributed by atoms with Crippen molar-refractivity contribution in [2.45, 2.75) is 57.3 Å². The first-order valence-corrected chi connectivity index (χ1v) is 7.39.